The van der Waals surface area contributed by atoms with Gasteiger partial charge in [0.15, 0.2) is 0 Å². The molecule has 0 bridgehead atoms. The van der Waals surface area contributed by atoms with E-state index in [4.69, 9.17) is 17.3 Å². The lowest BCUT2D eigenvalue weighted by Gasteiger charge is -2.11. The third kappa shape index (κ3) is 6.65. The number of anilines is 3. The molecular weight excluding hydrogens is 404 g/mol. The van der Waals surface area contributed by atoms with E-state index in [2.05, 4.69) is 28.3 Å². The molecule has 0 spiro atoms. The van der Waals surface area contributed by atoms with Crippen molar-refractivity contribution < 1.29 is 4.92 Å². The van der Waals surface area contributed by atoms with Gasteiger partial charge in [0.05, 0.1) is 16.6 Å². The van der Waals surface area contributed by atoms with Gasteiger partial charge in [-0.05, 0) is 35.9 Å². The second-order valence-electron chi connectivity index (χ2n) is 6.11. The Kier molecular flexibility index (Phi) is 8.41. The maximum atomic E-state index is 10.8. The number of nitriles is 1. The number of nitrogen functional groups attached to an aromatic ring is 1. The summed E-state index contributed by atoms with van der Waals surface area (Å²) < 4.78 is 0. The van der Waals surface area contributed by atoms with Gasteiger partial charge in [-0.2, -0.15) is 5.26 Å². The van der Waals surface area contributed by atoms with Crippen LogP contribution in [-0.4, -0.2) is 23.0 Å². The Hall–Kier alpha value is -3.83. The minimum Gasteiger partial charge on any atom is -0.383 e. The summed E-state index contributed by atoms with van der Waals surface area (Å²) in [6.07, 6.45) is 7.41. The summed E-state index contributed by atoms with van der Waals surface area (Å²) in [5.74, 6) is 0.312. The average Bonchev–Trinajstić information content (AvgIpc) is 2.71. The molecule has 0 unspecified atom stereocenters. The topological polar surface area (TPSA) is 130 Å². The van der Waals surface area contributed by atoms with E-state index in [1.807, 2.05) is 12.1 Å². The van der Waals surface area contributed by atoms with E-state index >= 15 is 0 Å². The number of aromatic nitrogens is 1. The molecule has 1 aromatic carbocycles. The minimum atomic E-state index is -0.576. The van der Waals surface area contributed by atoms with Crippen LogP contribution in [0.2, 0.25) is 0 Å². The van der Waals surface area contributed by atoms with Crippen LogP contribution in [0.4, 0.5) is 23.0 Å². The monoisotopic (exact) mass is 424 g/mol. The SMILES string of the molecule is C=C/C=C\C=C(\Cl)Cc1cc(NCCNc2ccc([N+](=O)[O-])c(N)n2)ccc1C#N. The standard InChI is InChI=1S/C21H21ClN6O2/c1-2-3-4-5-17(22)12-16-13-18(7-6-15(16)14-23)25-10-11-26-20-9-8-19(28(29)30)21(24)27-20/h2-9,13,25H,1,10-12H2,(H3,24,26,27)/b4-3-,17-5+. The van der Waals surface area contributed by atoms with Crippen molar-refractivity contribution in [2.45, 2.75) is 6.42 Å². The van der Waals surface area contributed by atoms with Crippen molar-refractivity contribution in [3.8, 4) is 6.07 Å². The maximum Gasteiger partial charge on any atom is 0.311 e. The first-order valence-electron chi connectivity index (χ1n) is 9.00. The summed E-state index contributed by atoms with van der Waals surface area (Å²) in [6, 6.07) is 10.4. The number of halogens is 1. The zero-order chi connectivity index (χ0) is 21.9. The van der Waals surface area contributed by atoms with E-state index < -0.39 is 4.92 Å². The van der Waals surface area contributed by atoms with E-state index in [1.165, 1.54) is 12.1 Å². The van der Waals surface area contributed by atoms with Crippen LogP contribution in [0.15, 0.2) is 66.2 Å². The van der Waals surface area contributed by atoms with E-state index in [9.17, 15) is 15.4 Å². The molecule has 1 aromatic heterocycles. The molecule has 0 aliphatic carbocycles. The fourth-order valence-corrected chi connectivity index (χ4v) is 2.77. The van der Waals surface area contributed by atoms with Crippen LogP contribution in [0.1, 0.15) is 11.1 Å². The van der Waals surface area contributed by atoms with Gasteiger partial charge in [0.1, 0.15) is 5.82 Å². The van der Waals surface area contributed by atoms with E-state index in [0.717, 1.165) is 11.3 Å². The van der Waals surface area contributed by atoms with Gasteiger partial charge in [-0.25, -0.2) is 4.98 Å². The number of nitrogens with two attached hydrogens (primary N) is 1. The number of benzene rings is 1. The van der Waals surface area contributed by atoms with Gasteiger partial charge in [0.25, 0.3) is 0 Å². The minimum absolute atomic E-state index is 0.137. The summed E-state index contributed by atoms with van der Waals surface area (Å²) in [5.41, 5.74) is 7.57. The van der Waals surface area contributed by atoms with Crippen molar-refractivity contribution in [1.29, 1.82) is 5.26 Å². The van der Waals surface area contributed by atoms with Gasteiger partial charge >= 0.3 is 5.69 Å². The molecule has 0 fully saturated rings. The largest absolute Gasteiger partial charge is 0.383 e. The summed E-state index contributed by atoms with van der Waals surface area (Å²) in [5, 5.41) is 27.0. The highest BCUT2D eigenvalue weighted by atomic mass is 35.5. The molecule has 0 radical (unpaired) electrons. The summed E-state index contributed by atoms with van der Waals surface area (Å²) in [6.45, 7) is 4.66. The Morgan fingerprint density at radius 3 is 2.73 bits per heavy atom. The number of nitrogens with one attached hydrogen (secondary N) is 2. The van der Waals surface area contributed by atoms with Crippen LogP contribution in [0.3, 0.4) is 0 Å². The molecule has 9 heteroatoms. The predicted molar refractivity (Wildman–Crippen MR) is 120 cm³/mol. The molecular formula is C21H21ClN6O2. The van der Waals surface area contributed by atoms with Crippen molar-refractivity contribution in [2.24, 2.45) is 0 Å². The van der Waals surface area contributed by atoms with E-state index in [-0.39, 0.29) is 11.5 Å². The van der Waals surface area contributed by atoms with Crippen molar-refractivity contribution in [3.05, 3.63) is 87.5 Å². The first kappa shape index (κ1) is 22.5. The zero-order valence-electron chi connectivity index (χ0n) is 16.1. The predicted octanol–water partition coefficient (Wildman–Crippen LogP) is 4.38. The number of hydrogen-bond donors (Lipinski definition) is 3. The summed E-state index contributed by atoms with van der Waals surface area (Å²) >= 11 is 6.25. The highest BCUT2D eigenvalue weighted by molar-refractivity contribution is 6.29. The quantitative estimate of drug-likeness (QED) is 0.223. The third-order valence-electron chi connectivity index (χ3n) is 3.97. The Bertz CT molecular complexity index is 1030. The van der Waals surface area contributed by atoms with Crippen LogP contribution in [0.5, 0.6) is 0 Å². The molecule has 8 nitrogen and oxygen atoms in total. The van der Waals surface area contributed by atoms with Crippen LogP contribution >= 0.6 is 11.6 Å². The smallest absolute Gasteiger partial charge is 0.311 e. The number of rotatable bonds is 10. The van der Waals surface area contributed by atoms with Crippen molar-refractivity contribution in [1.82, 2.24) is 4.98 Å². The summed E-state index contributed by atoms with van der Waals surface area (Å²) in [4.78, 5) is 14.2. The van der Waals surface area contributed by atoms with Gasteiger partial charge in [-0.15, -0.1) is 0 Å². The van der Waals surface area contributed by atoms with Crippen LogP contribution in [0, 0.1) is 21.4 Å². The molecule has 4 N–H and O–H groups in total. The zero-order valence-corrected chi connectivity index (χ0v) is 16.9. The van der Waals surface area contributed by atoms with Crippen LogP contribution in [0.25, 0.3) is 0 Å². The van der Waals surface area contributed by atoms with E-state index in [0.29, 0.717) is 35.9 Å². The highest BCUT2D eigenvalue weighted by Gasteiger charge is 2.12. The van der Waals surface area contributed by atoms with Crippen molar-refractivity contribution in [3.63, 3.8) is 0 Å². The second-order valence-corrected chi connectivity index (χ2v) is 6.59. The average molecular weight is 425 g/mol. The Morgan fingerprint density at radius 2 is 2.07 bits per heavy atom. The molecule has 0 saturated carbocycles. The molecule has 2 rings (SSSR count). The molecule has 0 amide bonds. The molecule has 30 heavy (non-hydrogen) atoms. The molecule has 154 valence electrons. The van der Waals surface area contributed by atoms with Crippen molar-refractivity contribution >= 4 is 34.6 Å². The number of allylic oxidation sites excluding steroid dienone is 5. The fourth-order valence-electron chi connectivity index (χ4n) is 2.56. The van der Waals surface area contributed by atoms with Crippen LogP contribution < -0.4 is 16.4 Å². The first-order valence-corrected chi connectivity index (χ1v) is 9.38. The van der Waals surface area contributed by atoms with E-state index in [1.54, 1.807) is 30.4 Å². The normalized spacial score (nSPS) is 11.1. The van der Waals surface area contributed by atoms with Gasteiger partial charge < -0.3 is 16.4 Å². The lowest BCUT2D eigenvalue weighted by atomic mass is 10.0. The van der Waals surface area contributed by atoms with Gasteiger partial charge in [-0.1, -0.05) is 36.4 Å². The number of hydrogen-bond acceptors (Lipinski definition) is 7. The molecule has 0 saturated heterocycles. The fraction of sp³-hybridized carbons (Fsp3) is 0.143. The molecule has 1 heterocycles. The first-order chi connectivity index (χ1) is 14.4. The lowest BCUT2D eigenvalue weighted by molar-refractivity contribution is -0.384. The van der Waals surface area contributed by atoms with Crippen molar-refractivity contribution in [2.75, 3.05) is 29.5 Å². The highest BCUT2D eigenvalue weighted by Crippen LogP contribution is 2.21. The molecule has 0 atom stereocenters. The van der Waals surface area contributed by atoms with Gasteiger partial charge in [0.2, 0.25) is 5.82 Å². The second kappa shape index (κ2) is 11.2. The number of pyridine rings is 1. The van der Waals surface area contributed by atoms with Gasteiger partial charge in [0, 0.05) is 36.3 Å². The number of nitrogens with zero attached hydrogens (tertiary/aromatic N) is 3. The molecule has 2 aromatic rings. The van der Waals surface area contributed by atoms with Crippen LogP contribution in [-0.2, 0) is 6.42 Å². The Balaban J connectivity index is 1.95. The lowest BCUT2D eigenvalue weighted by Crippen LogP contribution is -2.15. The Labute approximate surface area is 179 Å². The summed E-state index contributed by atoms with van der Waals surface area (Å²) in [7, 11) is 0. The molecule has 0 aliphatic heterocycles. The molecule has 0 aliphatic rings. The maximum absolute atomic E-state index is 10.8. The third-order valence-corrected chi connectivity index (χ3v) is 4.23. The number of nitro groups is 1. The van der Waals surface area contributed by atoms with Gasteiger partial charge in [-0.3, -0.25) is 10.1 Å². The Morgan fingerprint density at radius 1 is 1.30 bits per heavy atom.